The summed E-state index contributed by atoms with van der Waals surface area (Å²) in [5, 5.41) is 3.14. The molecule has 1 aromatic carbocycles. The van der Waals surface area contributed by atoms with Gasteiger partial charge < -0.3 is 16.0 Å². The van der Waals surface area contributed by atoms with Gasteiger partial charge in [-0.15, -0.1) is 0 Å². The molecule has 2 rings (SSSR count). The Morgan fingerprint density at radius 2 is 2.19 bits per heavy atom. The van der Waals surface area contributed by atoms with E-state index in [1.807, 2.05) is 18.3 Å². The molecule has 0 aliphatic rings. The van der Waals surface area contributed by atoms with E-state index >= 15 is 0 Å². The standard InChI is InChI=1S/C12H14FN3/c13-10-2-1-3-11(5-10)15-7-9-4-12(6-14)16-8-9/h1-5,8,15-16H,6-7,14H2. The molecule has 0 unspecified atom stereocenters. The van der Waals surface area contributed by atoms with Crippen LogP contribution in [0.25, 0.3) is 0 Å². The highest BCUT2D eigenvalue weighted by molar-refractivity contribution is 5.43. The zero-order chi connectivity index (χ0) is 11.4. The Morgan fingerprint density at radius 1 is 1.31 bits per heavy atom. The summed E-state index contributed by atoms with van der Waals surface area (Å²) >= 11 is 0. The van der Waals surface area contributed by atoms with E-state index in [1.54, 1.807) is 6.07 Å². The van der Waals surface area contributed by atoms with Gasteiger partial charge >= 0.3 is 0 Å². The highest BCUT2D eigenvalue weighted by Gasteiger charge is 1.98. The predicted octanol–water partition coefficient (Wildman–Crippen LogP) is 2.22. The average molecular weight is 219 g/mol. The van der Waals surface area contributed by atoms with Gasteiger partial charge in [-0.3, -0.25) is 0 Å². The van der Waals surface area contributed by atoms with Crippen LogP contribution in [0.4, 0.5) is 10.1 Å². The normalized spacial score (nSPS) is 10.4. The van der Waals surface area contributed by atoms with Gasteiger partial charge in [-0.05, 0) is 29.8 Å². The lowest BCUT2D eigenvalue weighted by atomic mass is 10.2. The molecular weight excluding hydrogens is 205 g/mol. The van der Waals surface area contributed by atoms with Gasteiger partial charge in [-0.25, -0.2) is 4.39 Å². The third-order valence-electron chi connectivity index (χ3n) is 2.34. The Hall–Kier alpha value is -1.81. The molecular formula is C12H14FN3. The van der Waals surface area contributed by atoms with Crippen molar-refractivity contribution in [2.24, 2.45) is 5.73 Å². The van der Waals surface area contributed by atoms with Crippen LogP contribution in [-0.2, 0) is 13.1 Å². The monoisotopic (exact) mass is 219 g/mol. The van der Waals surface area contributed by atoms with E-state index in [0.717, 1.165) is 16.9 Å². The summed E-state index contributed by atoms with van der Waals surface area (Å²) in [7, 11) is 0. The second-order valence-corrected chi connectivity index (χ2v) is 3.60. The molecule has 0 radical (unpaired) electrons. The van der Waals surface area contributed by atoms with Crippen LogP contribution in [0.3, 0.4) is 0 Å². The predicted molar refractivity (Wildman–Crippen MR) is 62.4 cm³/mol. The summed E-state index contributed by atoms with van der Waals surface area (Å²) in [6, 6.07) is 8.40. The Kier molecular flexibility index (Phi) is 3.22. The van der Waals surface area contributed by atoms with E-state index in [1.165, 1.54) is 12.1 Å². The van der Waals surface area contributed by atoms with Crippen LogP contribution in [0.15, 0.2) is 36.5 Å². The van der Waals surface area contributed by atoms with Gasteiger partial charge in [0.1, 0.15) is 5.82 Å². The van der Waals surface area contributed by atoms with E-state index in [-0.39, 0.29) is 5.82 Å². The number of benzene rings is 1. The first-order valence-electron chi connectivity index (χ1n) is 5.13. The van der Waals surface area contributed by atoms with Crippen LogP contribution < -0.4 is 11.1 Å². The fourth-order valence-corrected chi connectivity index (χ4v) is 1.51. The molecule has 0 saturated carbocycles. The molecule has 4 heteroatoms. The van der Waals surface area contributed by atoms with Crippen molar-refractivity contribution >= 4 is 5.69 Å². The van der Waals surface area contributed by atoms with Gasteiger partial charge in [0.25, 0.3) is 0 Å². The molecule has 0 bridgehead atoms. The van der Waals surface area contributed by atoms with Crippen molar-refractivity contribution in [3.63, 3.8) is 0 Å². The number of rotatable bonds is 4. The minimum absolute atomic E-state index is 0.235. The Balaban J connectivity index is 1.96. The van der Waals surface area contributed by atoms with Crippen LogP contribution in [0, 0.1) is 5.82 Å². The summed E-state index contributed by atoms with van der Waals surface area (Å²) in [6.45, 7) is 1.15. The zero-order valence-corrected chi connectivity index (χ0v) is 8.83. The van der Waals surface area contributed by atoms with Crippen LogP contribution in [-0.4, -0.2) is 4.98 Å². The fourth-order valence-electron chi connectivity index (χ4n) is 1.51. The van der Waals surface area contributed by atoms with E-state index in [9.17, 15) is 4.39 Å². The van der Waals surface area contributed by atoms with Crippen molar-refractivity contribution in [3.05, 3.63) is 53.6 Å². The number of H-pyrrole nitrogens is 1. The minimum Gasteiger partial charge on any atom is -0.381 e. The first-order chi connectivity index (χ1) is 7.78. The Morgan fingerprint density at radius 3 is 2.88 bits per heavy atom. The summed E-state index contributed by atoms with van der Waals surface area (Å²) < 4.78 is 12.9. The number of nitrogens with two attached hydrogens (primary N) is 1. The molecule has 4 N–H and O–H groups in total. The lowest BCUT2D eigenvalue weighted by Gasteiger charge is -2.04. The molecule has 0 spiro atoms. The van der Waals surface area contributed by atoms with Gasteiger partial charge in [0, 0.05) is 30.7 Å². The Bertz CT molecular complexity index is 465. The SMILES string of the molecule is NCc1cc(CNc2cccc(F)c2)c[nH]1. The van der Waals surface area contributed by atoms with Gasteiger partial charge in [-0.2, -0.15) is 0 Å². The first kappa shape index (κ1) is 10.7. The smallest absolute Gasteiger partial charge is 0.125 e. The van der Waals surface area contributed by atoms with Crippen molar-refractivity contribution < 1.29 is 4.39 Å². The molecule has 0 atom stereocenters. The van der Waals surface area contributed by atoms with E-state index < -0.39 is 0 Å². The van der Waals surface area contributed by atoms with Gasteiger partial charge in [0.2, 0.25) is 0 Å². The number of halogens is 1. The molecule has 0 aliphatic heterocycles. The number of nitrogens with one attached hydrogen (secondary N) is 2. The zero-order valence-electron chi connectivity index (χ0n) is 8.83. The summed E-state index contributed by atoms with van der Waals surface area (Å²) in [5.74, 6) is -0.235. The number of aromatic amines is 1. The maximum absolute atomic E-state index is 12.9. The Labute approximate surface area is 93.5 Å². The molecule has 16 heavy (non-hydrogen) atoms. The highest BCUT2D eigenvalue weighted by Crippen LogP contribution is 2.11. The number of hydrogen-bond acceptors (Lipinski definition) is 2. The van der Waals surface area contributed by atoms with E-state index in [2.05, 4.69) is 10.3 Å². The minimum atomic E-state index is -0.235. The third-order valence-corrected chi connectivity index (χ3v) is 2.34. The molecule has 2 aromatic rings. The van der Waals surface area contributed by atoms with Crippen molar-refractivity contribution in [1.29, 1.82) is 0 Å². The topological polar surface area (TPSA) is 53.8 Å². The molecule has 1 aromatic heterocycles. The van der Waals surface area contributed by atoms with Crippen molar-refractivity contribution in [1.82, 2.24) is 4.98 Å². The van der Waals surface area contributed by atoms with Crippen LogP contribution >= 0.6 is 0 Å². The molecule has 0 fully saturated rings. The van der Waals surface area contributed by atoms with E-state index in [4.69, 9.17) is 5.73 Å². The molecule has 84 valence electrons. The number of anilines is 1. The lowest BCUT2D eigenvalue weighted by molar-refractivity contribution is 0.628. The second-order valence-electron chi connectivity index (χ2n) is 3.60. The van der Waals surface area contributed by atoms with Gasteiger partial charge in [0.05, 0.1) is 0 Å². The van der Waals surface area contributed by atoms with Crippen LogP contribution in [0.5, 0.6) is 0 Å². The van der Waals surface area contributed by atoms with Crippen molar-refractivity contribution in [2.45, 2.75) is 13.1 Å². The average Bonchev–Trinajstić information content (AvgIpc) is 2.74. The van der Waals surface area contributed by atoms with Gasteiger partial charge in [0.15, 0.2) is 0 Å². The summed E-state index contributed by atoms with van der Waals surface area (Å²) in [6.07, 6.45) is 1.90. The quantitative estimate of drug-likeness (QED) is 0.738. The summed E-state index contributed by atoms with van der Waals surface area (Å²) in [5.41, 5.74) is 8.36. The first-order valence-corrected chi connectivity index (χ1v) is 5.13. The second kappa shape index (κ2) is 4.81. The lowest BCUT2D eigenvalue weighted by Crippen LogP contribution is -1.98. The van der Waals surface area contributed by atoms with E-state index in [0.29, 0.717) is 13.1 Å². The number of hydrogen-bond donors (Lipinski definition) is 3. The summed E-state index contributed by atoms with van der Waals surface area (Å²) in [4.78, 5) is 3.06. The fraction of sp³-hybridized carbons (Fsp3) is 0.167. The molecule has 1 heterocycles. The van der Waals surface area contributed by atoms with Gasteiger partial charge in [-0.1, -0.05) is 6.07 Å². The molecule has 0 saturated heterocycles. The van der Waals surface area contributed by atoms with Crippen molar-refractivity contribution in [3.8, 4) is 0 Å². The maximum Gasteiger partial charge on any atom is 0.125 e. The van der Waals surface area contributed by atoms with Crippen molar-refractivity contribution in [2.75, 3.05) is 5.32 Å². The molecule has 3 nitrogen and oxygen atoms in total. The molecule has 0 amide bonds. The number of aromatic nitrogens is 1. The molecule has 0 aliphatic carbocycles. The maximum atomic E-state index is 12.9. The van der Waals surface area contributed by atoms with Crippen LogP contribution in [0.1, 0.15) is 11.3 Å². The third kappa shape index (κ3) is 2.61. The highest BCUT2D eigenvalue weighted by atomic mass is 19.1. The largest absolute Gasteiger partial charge is 0.381 e. The van der Waals surface area contributed by atoms with Crippen LogP contribution in [0.2, 0.25) is 0 Å².